The Bertz CT molecular complexity index is 561. The summed E-state index contributed by atoms with van der Waals surface area (Å²) in [6.45, 7) is 1.38. The van der Waals surface area contributed by atoms with Crippen LogP contribution in [0.2, 0.25) is 0 Å². The number of hydrogen-bond acceptors (Lipinski definition) is 5. The molecule has 124 valence electrons. The molecule has 0 saturated heterocycles. The highest BCUT2D eigenvalue weighted by molar-refractivity contribution is 7.88. The number of carbonyl (C=O) groups excluding carboxylic acids is 1. The third-order valence-corrected chi connectivity index (χ3v) is 4.20. The highest BCUT2D eigenvalue weighted by atomic mass is 32.2. The first-order valence-corrected chi connectivity index (χ1v) is 8.89. The number of pyridine rings is 1. The van der Waals surface area contributed by atoms with Gasteiger partial charge < -0.3 is 10.2 Å². The van der Waals surface area contributed by atoms with Crippen LogP contribution in [0.5, 0.6) is 0 Å². The Morgan fingerprint density at radius 1 is 1.27 bits per heavy atom. The van der Waals surface area contributed by atoms with Gasteiger partial charge in [0.05, 0.1) is 12.8 Å². The zero-order valence-corrected chi connectivity index (χ0v) is 14.1. The fourth-order valence-corrected chi connectivity index (χ4v) is 2.56. The first kappa shape index (κ1) is 18.5. The van der Waals surface area contributed by atoms with Gasteiger partial charge in [0.1, 0.15) is 0 Å². The van der Waals surface area contributed by atoms with Crippen molar-refractivity contribution in [3.05, 3.63) is 30.1 Å². The molecule has 1 amide bonds. The molecular weight excluding hydrogens is 304 g/mol. The van der Waals surface area contributed by atoms with Gasteiger partial charge in [-0.05, 0) is 44.8 Å². The standard InChI is InChI=1S/C14H24N4O3S/c1-17(2)10-4-7-16-14(19)12-18(22(3,20)21)11-13-5-8-15-9-6-13/h5-6,8-9H,4,7,10-12H2,1-3H3,(H,16,19). The number of aromatic nitrogens is 1. The average molecular weight is 328 g/mol. The Balaban J connectivity index is 2.53. The summed E-state index contributed by atoms with van der Waals surface area (Å²) >= 11 is 0. The largest absolute Gasteiger partial charge is 0.355 e. The summed E-state index contributed by atoms with van der Waals surface area (Å²) in [6, 6.07) is 3.46. The average Bonchev–Trinajstić information content (AvgIpc) is 2.43. The molecule has 0 aliphatic heterocycles. The molecule has 0 atom stereocenters. The Labute approximate surface area is 132 Å². The summed E-state index contributed by atoms with van der Waals surface area (Å²) in [7, 11) is 0.462. The third-order valence-electron chi connectivity index (χ3n) is 3.00. The van der Waals surface area contributed by atoms with Gasteiger partial charge in [0.25, 0.3) is 0 Å². The molecule has 7 nitrogen and oxygen atoms in total. The zero-order chi connectivity index (χ0) is 16.6. The van der Waals surface area contributed by atoms with Gasteiger partial charge in [-0.25, -0.2) is 8.42 Å². The molecule has 1 rings (SSSR count). The number of rotatable bonds is 9. The van der Waals surface area contributed by atoms with Crippen molar-refractivity contribution < 1.29 is 13.2 Å². The van der Waals surface area contributed by atoms with Crippen molar-refractivity contribution in [2.75, 3.05) is 40.0 Å². The quantitative estimate of drug-likeness (QED) is 0.641. The summed E-state index contributed by atoms with van der Waals surface area (Å²) in [5.74, 6) is -0.293. The minimum Gasteiger partial charge on any atom is -0.355 e. The second kappa shape index (κ2) is 8.82. The molecule has 1 N–H and O–H groups in total. The molecule has 0 fully saturated rings. The van der Waals surface area contributed by atoms with Crippen LogP contribution in [0, 0.1) is 0 Å². The van der Waals surface area contributed by atoms with Gasteiger partial charge in [-0.1, -0.05) is 0 Å². The number of nitrogens with zero attached hydrogens (tertiary/aromatic N) is 3. The van der Waals surface area contributed by atoms with Gasteiger partial charge in [0.2, 0.25) is 15.9 Å². The van der Waals surface area contributed by atoms with Crippen LogP contribution >= 0.6 is 0 Å². The molecule has 0 saturated carbocycles. The molecule has 0 radical (unpaired) electrons. The first-order chi connectivity index (χ1) is 10.3. The lowest BCUT2D eigenvalue weighted by atomic mass is 10.3. The molecule has 22 heavy (non-hydrogen) atoms. The van der Waals surface area contributed by atoms with Crippen LogP contribution in [0.25, 0.3) is 0 Å². The topological polar surface area (TPSA) is 82.6 Å². The number of carbonyl (C=O) groups is 1. The molecule has 0 spiro atoms. The van der Waals surface area contributed by atoms with Crippen LogP contribution < -0.4 is 5.32 Å². The minimum atomic E-state index is -3.46. The van der Waals surface area contributed by atoms with E-state index in [-0.39, 0.29) is 19.0 Å². The normalized spacial score (nSPS) is 11.9. The highest BCUT2D eigenvalue weighted by Crippen LogP contribution is 2.07. The van der Waals surface area contributed by atoms with Gasteiger partial charge in [-0.15, -0.1) is 0 Å². The molecule has 1 aromatic heterocycles. The molecule has 1 aromatic rings. The Morgan fingerprint density at radius 3 is 2.45 bits per heavy atom. The van der Waals surface area contributed by atoms with E-state index in [2.05, 4.69) is 10.3 Å². The smallest absolute Gasteiger partial charge is 0.235 e. The molecule has 0 bridgehead atoms. The molecule has 0 aliphatic carbocycles. The highest BCUT2D eigenvalue weighted by Gasteiger charge is 2.20. The summed E-state index contributed by atoms with van der Waals surface area (Å²) < 4.78 is 24.8. The molecule has 1 heterocycles. The third kappa shape index (κ3) is 7.48. The fraction of sp³-hybridized carbons (Fsp3) is 0.571. The molecular formula is C14H24N4O3S. The van der Waals surface area contributed by atoms with Crippen molar-refractivity contribution in [1.29, 1.82) is 0 Å². The van der Waals surface area contributed by atoms with Gasteiger partial charge in [-0.3, -0.25) is 9.78 Å². The van der Waals surface area contributed by atoms with Crippen LogP contribution in [-0.4, -0.2) is 68.5 Å². The molecule has 0 aromatic carbocycles. The second-order valence-electron chi connectivity index (χ2n) is 5.39. The summed E-state index contributed by atoms with van der Waals surface area (Å²) in [5, 5.41) is 2.74. The molecule has 0 aliphatic rings. The maximum Gasteiger partial charge on any atom is 0.235 e. The van der Waals surface area contributed by atoms with E-state index in [1.54, 1.807) is 24.5 Å². The summed E-state index contributed by atoms with van der Waals surface area (Å²) in [5.41, 5.74) is 0.792. The van der Waals surface area contributed by atoms with E-state index >= 15 is 0 Å². The zero-order valence-electron chi connectivity index (χ0n) is 13.3. The van der Waals surface area contributed by atoms with Crippen LogP contribution in [0.1, 0.15) is 12.0 Å². The van der Waals surface area contributed by atoms with Crippen LogP contribution in [0.15, 0.2) is 24.5 Å². The predicted octanol–water partition coefficient (Wildman–Crippen LogP) is -0.0889. The lowest BCUT2D eigenvalue weighted by molar-refractivity contribution is -0.121. The Hall–Kier alpha value is -1.51. The maximum atomic E-state index is 11.9. The van der Waals surface area contributed by atoms with E-state index in [9.17, 15) is 13.2 Å². The lowest BCUT2D eigenvalue weighted by Crippen LogP contribution is -2.40. The van der Waals surface area contributed by atoms with Crippen LogP contribution in [0.3, 0.4) is 0 Å². The van der Waals surface area contributed by atoms with E-state index in [1.165, 1.54) is 0 Å². The van der Waals surface area contributed by atoms with E-state index in [1.807, 2.05) is 19.0 Å². The van der Waals surface area contributed by atoms with Crippen molar-refractivity contribution in [3.63, 3.8) is 0 Å². The number of hydrogen-bond donors (Lipinski definition) is 1. The van der Waals surface area contributed by atoms with Crippen molar-refractivity contribution in [3.8, 4) is 0 Å². The van der Waals surface area contributed by atoms with Crippen LogP contribution in [-0.2, 0) is 21.4 Å². The van der Waals surface area contributed by atoms with Crippen molar-refractivity contribution in [1.82, 2.24) is 19.5 Å². The fourth-order valence-electron chi connectivity index (χ4n) is 1.82. The van der Waals surface area contributed by atoms with Crippen LogP contribution in [0.4, 0.5) is 0 Å². The summed E-state index contributed by atoms with van der Waals surface area (Å²) in [6.07, 6.45) is 5.11. The lowest BCUT2D eigenvalue weighted by Gasteiger charge is -2.19. The minimum absolute atomic E-state index is 0.159. The predicted molar refractivity (Wildman–Crippen MR) is 85.7 cm³/mol. The van der Waals surface area contributed by atoms with Gasteiger partial charge >= 0.3 is 0 Å². The van der Waals surface area contributed by atoms with Gasteiger partial charge in [0.15, 0.2) is 0 Å². The maximum absolute atomic E-state index is 11.9. The van der Waals surface area contributed by atoms with E-state index in [4.69, 9.17) is 0 Å². The Kier molecular flexibility index (Phi) is 7.43. The SMILES string of the molecule is CN(C)CCCNC(=O)CN(Cc1ccncc1)S(C)(=O)=O. The van der Waals surface area contributed by atoms with Crippen molar-refractivity contribution in [2.45, 2.75) is 13.0 Å². The van der Waals surface area contributed by atoms with E-state index < -0.39 is 10.0 Å². The Morgan fingerprint density at radius 2 is 1.91 bits per heavy atom. The van der Waals surface area contributed by atoms with E-state index in [0.29, 0.717) is 6.54 Å². The number of amides is 1. The molecule has 8 heteroatoms. The molecule has 0 unspecified atom stereocenters. The van der Waals surface area contributed by atoms with Gasteiger partial charge in [0, 0.05) is 25.5 Å². The monoisotopic (exact) mass is 328 g/mol. The van der Waals surface area contributed by atoms with Gasteiger partial charge in [-0.2, -0.15) is 4.31 Å². The van der Waals surface area contributed by atoms with Crippen molar-refractivity contribution in [2.24, 2.45) is 0 Å². The second-order valence-corrected chi connectivity index (χ2v) is 7.38. The van der Waals surface area contributed by atoms with Crippen molar-refractivity contribution >= 4 is 15.9 Å². The number of nitrogens with one attached hydrogen (secondary N) is 1. The van der Waals surface area contributed by atoms with E-state index in [0.717, 1.165) is 29.1 Å². The summed E-state index contributed by atoms with van der Waals surface area (Å²) in [4.78, 5) is 17.8. The number of sulfonamides is 1. The first-order valence-electron chi connectivity index (χ1n) is 7.04.